The van der Waals surface area contributed by atoms with Gasteiger partial charge < -0.3 is 4.90 Å². The summed E-state index contributed by atoms with van der Waals surface area (Å²) in [6, 6.07) is 2.10. The van der Waals surface area contributed by atoms with Crippen LogP contribution in [0.1, 0.15) is 58.6 Å². The molecule has 25 heavy (non-hydrogen) atoms. The Balaban J connectivity index is 1.75. The molecule has 2 heterocycles. The third kappa shape index (κ3) is 2.60. The van der Waals surface area contributed by atoms with Gasteiger partial charge in [0.15, 0.2) is 0 Å². The summed E-state index contributed by atoms with van der Waals surface area (Å²) in [7, 11) is 0. The molecule has 0 radical (unpaired) electrons. The van der Waals surface area contributed by atoms with E-state index in [0.717, 1.165) is 4.90 Å². The highest BCUT2D eigenvalue weighted by molar-refractivity contribution is 6.06. The number of benzene rings is 1. The average molecular weight is 352 g/mol. The van der Waals surface area contributed by atoms with Crippen molar-refractivity contribution < 1.29 is 27.6 Å². The maximum Gasteiger partial charge on any atom is 0.417 e. The topological polar surface area (TPSA) is 66.5 Å². The van der Waals surface area contributed by atoms with Gasteiger partial charge in [0.1, 0.15) is 6.04 Å². The van der Waals surface area contributed by atoms with Crippen molar-refractivity contribution in [2.45, 2.75) is 50.4 Å². The minimum Gasteiger partial charge on any atom is -0.322 e. The van der Waals surface area contributed by atoms with Crippen molar-refractivity contribution >= 4 is 17.7 Å². The Morgan fingerprint density at radius 2 is 1.80 bits per heavy atom. The smallest absolute Gasteiger partial charge is 0.322 e. The summed E-state index contributed by atoms with van der Waals surface area (Å²) in [5, 5.41) is 2.14. The molecule has 0 aromatic heterocycles. The average Bonchev–Trinajstić information content (AvgIpc) is 3.31. The second-order valence-corrected chi connectivity index (χ2v) is 6.74. The lowest BCUT2D eigenvalue weighted by molar-refractivity contribution is -0.138. The molecule has 1 N–H and O–H groups in total. The summed E-state index contributed by atoms with van der Waals surface area (Å²) in [6.45, 7) is -0.0472. The van der Waals surface area contributed by atoms with Gasteiger partial charge in [-0.25, -0.2) is 0 Å². The number of nitrogens with one attached hydrogen (secondary N) is 1. The van der Waals surface area contributed by atoms with Crippen LogP contribution in [0.4, 0.5) is 13.2 Å². The lowest BCUT2D eigenvalue weighted by atomic mass is 9.94. The molecule has 1 aromatic rings. The van der Waals surface area contributed by atoms with Crippen molar-refractivity contribution in [2.75, 3.05) is 0 Å². The number of piperidine rings is 1. The van der Waals surface area contributed by atoms with E-state index in [9.17, 15) is 27.6 Å². The van der Waals surface area contributed by atoms with Gasteiger partial charge in [-0.15, -0.1) is 0 Å². The summed E-state index contributed by atoms with van der Waals surface area (Å²) < 4.78 is 41.0. The zero-order valence-corrected chi connectivity index (χ0v) is 13.2. The number of fused-ring (bicyclic) bond motifs is 1. The van der Waals surface area contributed by atoms with Crippen molar-refractivity contribution in [1.82, 2.24) is 10.2 Å². The molecule has 4 rings (SSSR count). The molecule has 1 aliphatic carbocycles. The van der Waals surface area contributed by atoms with E-state index in [1.165, 1.54) is 6.07 Å². The minimum absolute atomic E-state index is 0.0472. The summed E-state index contributed by atoms with van der Waals surface area (Å²) >= 11 is 0. The van der Waals surface area contributed by atoms with Crippen molar-refractivity contribution in [3.8, 4) is 0 Å². The first-order chi connectivity index (χ1) is 11.8. The highest BCUT2D eigenvalue weighted by atomic mass is 19.4. The number of carbonyl (C=O) groups is 3. The van der Waals surface area contributed by atoms with E-state index in [2.05, 4.69) is 5.32 Å². The van der Waals surface area contributed by atoms with Crippen LogP contribution in [0.25, 0.3) is 0 Å². The summed E-state index contributed by atoms with van der Waals surface area (Å²) in [6.07, 6.45) is -3.06. The second kappa shape index (κ2) is 5.31. The van der Waals surface area contributed by atoms with Crippen LogP contribution in [0.5, 0.6) is 0 Å². The van der Waals surface area contributed by atoms with E-state index < -0.39 is 35.5 Å². The number of nitrogens with zero attached hydrogens (tertiary/aromatic N) is 1. The zero-order valence-electron chi connectivity index (χ0n) is 13.2. The van der Waals surface area contributed by atoms with E-state index in [-0.39, 0.29) is 42.0 Å². The molecule has 3 amide bonds. The SMILES string of the molecule is O=C1CCC(N2Cc3ccc(C4CC4)c(C(F)(F)F)c3C2=O)C(=O)N1. The van der Waals surface area contributed by atoms with Crippen molar-refractivity contribution in [2.24, 2.45) is 0 Å². The van der Waals surface area contributed by atoms with Crippen LogP contribution < -0.4 is 5.32 Å². The first-order valence-corrected chi connectivity index (χ1v) is 8.15. The molecule has 132 valence electrons. The van der Waals surface area contributed by atoms with E-state index in [0.29, 0.717) is 12.8 Å². The molecule has 2 aliphatic heterocycles. The molecule has 1 unspecified atom stereocenters. The molecule has 0 spiro atoms. The fourth-order valence-corrected chi connectivity index (χ4v) is 3.71. The molecule has 8 heteroatoms. The Labute approximate surface area is 141 Å². The fourth-order valence-electron chi connectivity index (χ4n) is 3.71. The van der Waals surface area contributed by atoms with Gasteiger partial charge in [-0.05, 0) is 36.3 Å². The lowest BCUT2D eigenvalue weighted by Crippen LogP contribution is -2.52. The Kier molecular flexibility index (Phi) is 3.42. The predicted octanol–water partition coefficient (Wildman–Crippen LogP) is 2.34. The molecule has 1 saturated carbocycles. The standard InChI is InChI=1S/C17H15F3N2O3/c18-17(19,20)14-10(8-1-2-8)4-3-9-7-22(16(25)13(9)14)11-5-6-12(23)21-15(11)24/h3-4,8,11H,1-2,5-7H2,(H,21,23,24). The third-order valence-electron chi connectivity index (χ3n) is 5.03. The van der Waals surface area contributed by atoms with Gasteiger partial charge in [-0.1, -0.05) is 12.1 Å². The Bertz CT molecular complexity index is 799. The van der Waals surface area contributed by atoms with Crippen LogP contribution in [-0.4, -0.2) is 28.7 Å². The summed E-state index contributed by atoms with van der Waals surface area (Å²) in [4.78, 5) is 37.2. The van der Waals surface area contributed by atoms with Crippen LogP contribution in [-0.2, 0) is 22.3 Å². The van der Waals surface area contributed by atoms with Crippen LogP contribution >= 0.6 is 0 Å². The van der Waals surface area contributed by atoms with Crippen LogP contribution in [0.3, 0.4) is 0 Å². The maximum atomic E-state index is 13.7. The van der Waals surface area contributed by atoms with Gasteiger partial charge in [0, 0.05) is 13.0 Å². The quantitative estimate of drug-likeness (QED) is 0.831. The van der Waals surface area contributed by atoms with Gasteiger partial charge in [-0.2, -0.15) is 13.2 Å². The summed E-state index contributed by atoms with van der Waals surface area (Å²) in [5.41, 5.74) is -0.731. The Morgan fingerprint density at radius 3 is 2.40 bits per heavy atom. The van der Waals surface area contributed by atoms with Crippen molar-refractivity contribution in [1.29, 1.82) is 0 Å². The summed E-state index contributed by atoms with van der Waals surface area (Å²) in [5.74, 6) is -2.00. The first kappa shape index (κ1) is 16.1. The number of rotatable bonds is 2. The van der Waals surface area contributed by atoms with Crippen molar-refractivity contribution in [3.63, 3.8) is 0 Å². The lowest BCUT2D eigenvalue weighted by Gasteiger charge is -2.29. The van der Waals surface area contributed by atoms with E-state index in [1.807, 2.05) is 0 Å². The highest BCUT2D eigenvalue weighted by Crippen LogP contribution is 2.49. The monoisotopic (exact) mass is 352 g/mol. The van der Waals surface area contributed by atoms with Gasteiger partial charge in [0.25, 0.3) is 5.91 Å². The number of amides is 3. The first-order valence-electron chi connectivity index (χ1n) is 8.15. The number of alkyl halides is 3. The zero-order chi connectivity index (χ0) is 17.9. The largest absolute Gasteiger partial charge is 0.417 e. The molecule has 3 aliphatic rings. The van der Waals surface area contributed by atoms with Crippen LogP contribution in [0.15, 0.2) is 12.1 Å². The van der Waals surface area contributed by atoms with Crippen LogP contribution in [0.2, 0.25) is 0 Å². The molecule has 1 atom stereocenters. The molecular weight excluding hydrogens is 337 g/mol. The van der Waals surface area contributed by atoms with E-state index >= 15 is 0 Å². The normalized spacial score (nSPS) is 23.7. The highest BCUT2D eigenvalue weighted by Gasteiger charge is 2.47. The number of hydrogen-bond acceptors (Lipinski definition) is 3. The van der Waals surface area contributed by atoms with Gasteiger partial charge >= 0.3 is 6.18 Å². The van der Waals surface area contributed by atoms with E-state index in [4.69, 9.17) is 0 Å². The predicted molar refractivity (Wildman–Crippen MR) is 79.5 cm³/mol. The van der Waals surface area contributed by atoms with E-state index in [1.54, 1.807) is 6.07 Å². The fraction of sp³-hybridized carbons (Fsp3) is 0.471. The molecule has 0 bridgehead atoms. The minimum atomic E-state index is -4.63. The van der Waals surface area contributed by atoms with Gasteiger partial charge in [0.2, 0.25) is 11.8 Å². The molecule has 1 saturated heterocycles. The Morgan fingerprint density at radius 1 is 1.08 bits per heavy atom. The molecular formula is C17H15F3N2O3. The van der Waals surface area contributed by atoms with Gasteiger partial charge in [-0.3, -0.25) is 19.7 Å². The number of imide groups is 1. The third-order valence-corrected chi connectivity index (χ3v) is 5.03. The van der Waals surface area contributed by atoms with Crippen LogP contribution in [0, 0.1) is 0 Å². The maximum absolute atomic E-state index is 13.7. The number of halogens is 3. The molecule has 1 aromatic carbocycles. The Hall–Kier alpha value is -2.38. The molecule has 2 fully saturated rings. The number of hydrogen-bond donors (Lipinski definition) is 1. The second-order valence-electron chi connectivity index (χ2n) is 6.74. The van der Waals surface area contributed by atoms with Crippen molar-refractivity contribution in [3.05, 3.63) is 34.4 Å². The van der Waals surface area contributed by atoms with Gasteiger partial charge in [0.05, 0.1) is 11.1 Å². The number of carbonyl (C=O) groups excluding carboxylic acids is 3. The molecule has 5 nitrogen and oxygen atoms in total.